The molecule has 1 heterocycles. The maximum Gasteiger partial charge on any atom is 0.191 e. The van der Waals surface area contributed by atoms with E-state index in [1.54, 1.807) is 0 Å². The van der Waals surface area contributed by atoms with Gasteiger partial charge < -0.3 is 20.3 Å². The number of likely N-dealkylation sites (tertiary alicyclic amines) is 1. The van der Waals surface area contributed by atoms with E-state index in [0.29, 0.717) is 5.41 Å². The molecule has 2 N–H and O–H groups in total. The van der Waals surface area contributed by atoms with Crippen molar-refractivity contribution >= 4 is 5.96 Å². The minimum atomic E-state index is 0.369. The third kappa shape index (κ3) is 5.85. The molecule has 5 nitrogen and oxygen atoms in total. The first-order valence-electron chi connectivity index (χ1n) is 11.1. The van der Waals surface area contributed by atoms with E-state index in [9.17, 15) is 0 Å². The number of aliphatic imine (C=N–C) groups is 1. The van der Waals surface area contributed by atoms with Crippen LogP contribution in [0, 0.1) is 11.3 Å². The Morgan fingerprint density at radius 2 is 1.96 bits per heavy atom. The summed E-state index contributed by atoms with van der Waals surface area (Å²) in [7, 11) is 0. The molecular formula is C21H40N4O. The molecule has 0 bridgehead atoms. The molecule has 0 aromatic carbocycles. The third-order valence-corrected chi connectivity index (χ3v) is 6.50. The molecule has 1 aliphatic heterocycles. The Morgan fingerprint density at radius 1 is 1.15 bits per heavy atom. The molecule has 0 spiro atoms. The van der Waals surface area contributed by atoms with Crippen LogP contribution in [-0.4, -0.2) is 62.8 Å². The van der Waals surface area contributed by atoms with Gasteiger partial charge in [-0.05, 0) is 70.3 Å². The highest BCUT2D eigenvalue weighted by atomic mass is 16.5. The molecule has 3 rings (SSSR count). The zero-order chi connectivity index (χ0) is 18.2. The molecule has 1 atom stereocenters. The van der Waals surface area contributed by atoms with Crippen LogP contribution in [0.5, 0.6) is 0 Å². The van der Waals surface area contributed by atoms with Crippen molar-refractivity contribution in [1.29, 1.82) is 0 Å². The van der Waals surface area contributed by atoms with Gasteiger partial charge in [0.25, 0.3) is 0 Å². The molecule has 26 heavy (non-hydrogen) atoms. The highest BCUT2D eigenvalue weighted by Gasteiger charge is 2.35. The molecule has 0 amide bonds. The van der Waals surface area contributed by atoms with Crippen molar-refractivity contribution < 1.29 is 4.74 Å². The monoisotopic (exact) mass is 364 g/mol. The predicted molar refractivity (Wildman–Crippen MR) is 109 cm³/mol. The number of ether oxygens (including phenoxy) is 1. The molecule has 5 heteroatoms. The normalized spacial score (nSPS) is 26.4. The number of hydrogen-bond acceptors (Lipinski definition) is 3. The maximum atomic E-state index is 5.64. The van der Waals surface area contributed by atoms with Gasteiger partial charge in [-0.25, -0.2) is 0 Å². The molecule has 0 aromatic heterocycles. The van der Waals surface area contributed by atoms with Gasteiger partial charge in [-0.15, -0.1) is 0 Å². The summed E-state index contributed by atoms with van der Waals surface area (Å²) in [5.74, 6) is 1.79. The zero-order valence-corrected chi connectivity index (χ0v) is 17.1. The number of nitrogens with one attached hydrogen (secondary N) is 2. The van der Waals surface area contributed by atoms with Crippen LogP contribution in [-0.2, 0) is 4.74 Å². The molecule has 2 saturated carbocycles. The highest BCUT2D eigenvalue weighted by Crippen LogP contribution is 2.41. The van der Waals surface area contributed by atoms with Crippen LogP contribution < -0.4 is 10.6 Å². The van der Waals surface area contributed by atoms with Gasteiger partial charge in [0.15, 0.2) is 5.96 Å². The smallest absolute Gasteiger partial charge is 0.191 e. The van der Waals surface area contributed by atoms with Gasteiger partial charge in [0, 0.05) is 45.4 Å². The summed E-state index contributed by atoms with van der Waals surface area (Å²) in [6, 6.07) is 0.912. The lowest BCUT2D eigenvalue weighted by Crippen LogP contribution is -2.41. The summed E-state index contributed by atoms with van der Waals surface area (Å²) in [4.78, 5) is 7.69. The largest absolute Gasteiger partial charge is 0.382 e. The fourth-order valence-corrected chi connectivity index (χ4v) is 4.68. The topological polar surface area (TPSA) is 48.9 Å². The Morgan fingerprint density at radius 3 is 2.65 bits per heavy atom. The van der Waals surface area contributed by atoms with Crippen molar-refractivity contribution in [3.63, 3.8) is 0 Å². The van der Waals surface area contributed by atoms with E-state index in [-0.39, 0.29) is 0 Å². The van der Waals surface area contributed by atoms with Crippen LogP contribution in [0.3, 0.4) is 0 Å². The van der Waals surface area contributed by atoms with E-state index in [1.165, 1.54) is 58.0 Å². The summed E-state index contributed by atoms with van der Waals surface area (Å²) in [6.07, 6.45) is 10.7. The fraction of sp³-hybridized carbons (Fsp3) is 0.952. The maximum absolute atomic E-state index is 5.64. The van der Waals surface area contributed by atoms with Crippen molar-refractivity contribution in [3.8, 4) is 0 Å². The Balaban J connectivity index is 1.47. The summed E-state index contributed by atoms with van der Waals surface area (Å²) >= 11 is 0. The van der Waals surface area contributed by atoms with Gasteiger partial charge in [-0.3, -0.25) is 4.99 Å². The summed E-state index contributed by atoms with van der Waals surface area (Å²) in [6.45, 7) is 11.4. The van der Waals surface area contributed by atoms with Crippen LogP contribution in [0.15, 0.2) is 4.99 Å². The predicted octanol–water partition coefficient (Wildman–Crippen LogP) is 3.01. The molecule has 1 saturated heterocycles. The van der Waals surface area contributed by atoms with Crippen LogP contribution >= 0.6 is 0 Å². The second kappa shape index (κ2) is 9.93. The molecule has 3 fully saturated rings. The lowest BCUT2D eigenvalue weighted by molar-refractivity contribution is 0.107. The second-order valence-corrected chi connectivity index (χ2v) is 8.61. The summed E-state index contributed by atoms with van der Waals surface area (Å²) in [5.41, 5.74) is 0.369. The number of guanidine groups is 1. The van der Waals surface area contributed by atoms with E-state index in [0.717, 1.165) is 57.2 Å². The van der Waals surface area contributed by atoms with Crippen molar-refractivity contribution in [1.82, 2.24) is 15.5 Å². The first-order valence-corrected chi connectivity index (χ1v) is 11.1. The Kier molecular flexibility index (Phi) is 7.62. The number of rotatable bonds is 10. The van der Waals surface area contributed by atoms with E-state index in [4.69, 9.17) is 9.73 Å². The van der Waals surface area contributed by atoms with E-state index in [2.05, 4.69) is 29.4 Å². The molecule has 2 aliphatic carbocycles. The van der Waals surface area contributed by atoms with Crippen molar-refractivity contribution in [3.05, 3.63) is 0 Å². The van der Waals surface area contributed by atoms with Gasteiger partial charge in [-0.1, -0.05) is 12.8 Å². The first kappa shape index (κ1) is 19.9. The van der Waals surface area contributed by atoms with Gasteiger partial charge in [-0.2, -0.15) is 0 Å². The van der Waals surface area contributed by atoms with Crippen LogP contribution in [0.4, 0.5) is 0 Å². The third-order valence-electron chi connectivity index (χ3n) is 6.50. The van der Waals surface area contributed by atoms with Gasteiger partial charge in [0.2, 0.25) is 0 Å². The Bertz CT molecular complexity index is 443. The van der Waals surface area contributed by atoms with E-state index < -0.39 is 0 Å². The average Bonchev–Trinajstić information content (AvgIpc) is 3.21. The molecule has 0 radical (unpaired) electrons. The van der Waals surface area contributed by atoms with Gasteiger partial charge in [0.05, 0.1) is 0 Å². The van der Waals surface area contributed by atoms with Crippen molar-refractivity contribution in [2.45, 2.75) is 71.3 Å². The second-order valence-electron chi connectivity index (χ2n) is 8.61. The lowest BCUT2D eigenvalue weighted by Gasteiger charge is -2.27. The standard InChI is InChI=1S/C21H40N4O/c1-3-22-20(23-15-18-9-13-25(16-18)19-7-8-19)24-17-21(10-5-6-11-21)12-14-26-4-2/h18-19H,3-17H2,1-2H3,(H2,22,23,24). The minimum Gasteiger partial charge on any atom is -0.382 e. The zero-order valence-electron chi connectivity index (χ0n) is 17.1. The van der Waals surface area contributed by atoms with Crippen LogP contribution in [0.1, 0.15) is 65.2 Å². The number of hydrogen-bond donors (Lipinski definition) is 2. The van der Waals surface area contributed by atoms with E-state index >= 15 is 0 Å². The highest BCUT2D eigenvalue weighted by molar-refractivity contribution is 5.79. The molecular weight excluding hydrogens is 324 g/mol. The Hall–Kier alpha value is -0.810. The van der Waals surface area contributed by atoms with Crippen molar-refractivity contribution in [2.75, 3.05) is 45.9 Å². The van der Waals surface area contributed by atoms with Crippen molar-refractivity contribution in [2.24, 2.45) is 16.3 Å². The summed E-state index contributed by atoms with van der Waals surface area (Å²) in [5, 5.41) is 7.09. The first-order chi connectivity index (χ1) is 12.7. The Labute approximate surface area is 160 Å². The molecule has 0 aromatic rings. The van der Waals surface area contributed by atoms with Gasteiger partial charge >= 0.3 is 0 Å². The lowest BCUT2D eigenvalue weighted by atomic mass is 9.83. The van der Waals surface area contributed by atoms with E-state index in [1.807, 2.05) is 0 Å². The minimum absolute atomic E-state index is 0.369. The van der Waals surface area contributed by atoms with Gasteiger partial charge in [0.1, 0.15) is 0 Å². The SMILES string of the molecule is CCNC(=NCC1(CCOCC)CCCC1)NCC1CCN(C2CC2)C1. The molecule has 150 valence electrons. The van der Waals surface area contributed by atoms with Crippen LogP contribution in [0.2, 0.25) is 0 Å². The molecule has 3 aliphatic rings. The fourth-order valence-electron chi connectivity index (χ4n) is 4.68. The van der Waals surface area contributed by atoms with Crippen LogP contribution in [0.25, 0.3) is 0 Å². The quantitative estimate of drug-likeness (QED) is 0.355. The molecule has 1 unspecified atom stereocenters. The summed E-state index contributed by atoms with van der Waals surface area (Å²) < 4.78 is 5.64. The average molecular weight is 365 g/mol. The number of nitrogens with zero attached hydrogens (tertiary/aromatic N) is 2.